The summed E-state index contributed by atoms with van der Waals surface area (Å²) < 4.78 is 40.2. The summed E-state index contributed by atoms with van der Waals surface area (Å²) in [5.74, 6) is -2.57. The van der Waals surface area contributed by atoms with Gasteiger partial charge in [-0.05, 0) is 44.0 Å². The lowest BCUT2D eigenvalue weighted by Gasteiger charge is -2.24. The van der Waals surface area contributed by atoms with Crippen molar-refractivity contribution in [3.05, 3.63) is 50.9 Å². The van der Waals surface area contributed by atoms with Crippen LogP contribution in [-0.4, -0.2) is 32.1 Å². The fourth-order valence-corrected chi connectivity index (χ4v) is 2.60. The van der Waals surface area contributed by atoms with Crippen LogP contribution in [0.25, 0.3) is 5.69 Å². The molecule has 0 aliphatic carbocycles. The Kier molecular flexibility index (Phi) is 4.09. The van der Waals surface area contributed by atoms with Gasteiger partial charge in [-0.2, -0.15) is 13.2 Å². The summed E-state index contributed by atoms with van der Waals surface area (Å²) in [7, 11) is 0. The van der Waals surface area contributed by atoms with E-state index in [9.17, 15) is 27.9 Å². The molecule has 2 rings (SSSR count). The number of aromatic nitrogens is 2. The van der Waals surface area contributed by atoms with Crippen LogP contribution in [0.4, 0.5) is 13.2 Å². The summed E-state index contributed by atoms with van der Waals surface area (Å²) in [6.45, 7) is 4.57. The van der Waals surface area contributed by atoms with Crippen LogP contribution in [0.1, 0.15) is 22.4 Å². The number of carbonyl (C=O) groups is 1. The third-order valence-electron chi connectivity index (χ3n) is 3.62. The molecule has 1 heterocycles. The minimum Gasteiger partial charge on any atom is -0.479 e. The minimum atomic E-state index is -5.56. The van der Waals surface area contributed by atoms with E-state index in [2.05, 4.69) is 5.10 Å². The van der Waals surface area contributed by atoms with Gasteiger partial charge in [-0.1, -0.05) is 6.07 Å². The Morgan fingerprint density at radius 2 is 1.62 bits per heavy atom. The quantitative estimate of drug-likeness (QED) is 0.793. The molecular formula is C15H15F3N2O4. The van der Waals surface area contributed by atoms with Gasteiger partial charge in [-0.25, -0.2) is 9.48 Å². The van der Waals surface area contributed by atoms with Crippen LogP contribution >= 0.6 is 0 Å². The zero-order valence-corrected chi connectivity index (χ0v) is 13.0. The average Bonchev–Trinajstić information content (AvgIpc) is 2.71. The predicted octanol–water partition coefficient (Wildman–Crippen LogP) is 1.93. The first-order chi connectivity index (χ1) is 10.9. The van der Waals surface area contributed by atoms with E-state index in [4.69, 9.17) is 5.11 Å². The molecule has 9 heteroatoms. The molecule has 2 aromatic rings. The second kappa shape index (κ2) is 5.52. The highest BCUT2D eigenvalue weighted by molar-refractivity contribution is 5.80. The maximum absolute atomic E-state index is 13.1. The standard InChI is InChI=1S/C15H15F3N2O4/c1-7-4-8(2)6-10(5-7)20-12(21)11(9(3)19-20)14(24,13(22)23)15(16,17)18/h4-6,19,24H,1-3H3,(H,22,23). The third-order valence-corrected chi connectivity index (χ3v) is 3.62. The molecule has 130 valence electrons. The first kappa shape index (κ1) is 17.8. The smallest absolute Gasteiger partial charge is 0.432 e. The molecular weight excluding hydrogens is 329 g/mol. The number of rotatable bonds is 3. The maximum Gasteiger partial charge on any atom is 0.432 e. The van der Waals surface area contributed by atoms with E-state index in [0.717, 1.165) is 22.7 Å². The fourth-order valence-electron chi connectivity index (χ4n) is 2.60. The first-order valence-corrected chi connectivity index (χ1v) is 6.83. The molecule has 0 spiro atoms. The number of aliphatic carboxylic acids is 1. The molecule has 0 aliphatic rings. The number of hydrogen-bond donors (Lipinski definition) is 3. The summed E-state index contributed by atoms with van der Waals surface area (Å²) in [4.78, 5) is 23.5. The topological polar surface area (TPSA) is 95.3 Å². The van der Waals surface area contributed by atoms with Gasteiger partial charge < -0.3 is 10.2 Å². The lowest BCUT2D eigenvalue weighted by molar-refractivity contribution is -0.265. The number of benzene rings is 1. The zero-order valence-electron chi connectivity index (χ0n) is 13.0. The van der Waals surface area contributed by atoms with Crippen molar-refractivity contribution in [3.63, 3.8) is 0 Å². The van der Waals surface area contributed by atoms with Crippen LogP contribution in [0.2, 0.25) is 0 Å². The van der Waals surface area contributed by atoms with Gasteiger partial charge in [0.2, 0.25) is 0 Å². The van der Waals surface area contributed by atoms with E-state index in [1.807, 2.05) is 0 Å². The largest absolute Gasteiger partial charge is 0.479 e. The first-order valence-electron chi connectivity index (χ1n) is 6.83. The van der Waals surface area contributed by atoms with E-state index < -0.39 is 28.9 Å². The number of halogens is 3. The predicted molar refractivity (Wildman–Crippen MR) is 78.2 cm³/mol. The van der Waals surface area contributed by atoms with E-state index >= 15 is 0 Å². The van der Waals surface area contributed by atoms with E-state index in [1.165, 1.54) is 0 Å². The number of H-pyrrole nitrogens is 1. The van der Waals surface area contributed by atoms with Gasteiger partial charge >= 0.3 is 12.1 Å². The van der Waals surface area contributed by atoms with Crippen molar-refractivity contribution < 1.29 is 28.2 Å². The SMILES string of the molecule is Cc1cc(C)cc(-n2[nH]c(C)c(C(O)(C(=O)O)C(F)(F)F)c2=O)c1. The highest BCUT2D eigenvalue weighted by Crippen LogP contribution is 2.39. The maximum atomic E-state index is 13.1. The van der Waals surface area contributed by atoms with Gasteiger partial charge in [-0.3, -0.25) is 9.89 Å². The number of nitrogens with zero attached hydrogens (tertiary/aromatic N) is 1. The fraction of sp³-hybridized carbons (Fsp3) is 0.333. The Morgan fingerprint density at radius 3 is 2.04 bits per heavy atom. The number of hydrogen-bond acceptors (Lipinski definition) is 3. The van der Waals surface area contributed by atoms with Gasteiger partial charge in [0, 0.05) is 5.69 Å². The van der Waals surface area contributed by atoms with Crippen molar-refractivity contribution in [3.8, 4) is 5.69 Å². The molecule has 0 saturated heterocycles. The Labute approximate surface area is 134 Å². The van der Waals surface area contributed by atoms with E-state index in [0.29, 0.717) is 0 Å². The number of carboxylic acid groups (broad SMARTS) is 1. The van der Waals surface area contributed by atoms with Gasteiger partial charge in [0.25, 0.3) is 11.2 Å². The number of alkyl halides is 3. The molecule has 0 bridgehead atoms. The second-order valence-electron chi connectivity index (χ2n) is 5.61. The molecule has 1 unspecified atom stereocenters. The van der Waals surface area contributed by atoms with Crippen molar-refractivity contribution in [1.82, 2.24) is 9.78 Å². The van der Waals surface area contributed by atoms with Gasteiger partial charge in [0.15, 0.2) is 0 Å². The number of aliphatic hydroxyl groups is 1. The molecule has 1 atom stereocenters. The Bertz CT molecular complexity index is 846. The summed E-state index contributed by atoms with van der Waals surface area (Å²) >= 11 is 0. The Morgan fingerprint density at radius 1 is 1.12 bits per heavy atom. The van der Waals surface area contributed by atoms with Crippen LogP contribution in [-0.2, 0) is 10.4 Å². The number of nitrogens with one attached hydrogen (secondary N) is 1. The molecule has 6 nitrogen and oxygen atoms in total. The molecule has 0 saturated carbocycles. The Hall–Kier alpha value is -2.55. The lowest BCUT2D eigenvalue weighted by Crippen LogP contribution is -2.52. The normalized spacial score (nSPS) is 14.5. The molecule has 1 aromatic heterocycles. The van der Waals surface area contributed by atoms with Gasteiger partial charge in [-0.15, -0.1) is 0 Å². The molecule has 0 radical (unpaired) electrons. The van der Waals surface area contributed by atoms with Crippen LogP contribution in [0.5, 0.6) is 0 Å². The molecule has 0 amide bonds. The summed E-state index contributed by atoms with van der Waals surface area (Å²) in [5, 5.41) is 21.1. The van der Waals surface area contributed by atoms with E-state index in [1.54, 1.807) is 32.0 Å². The van der Waals surface area contributed by atoms with Crippen LogP contribution in [0.15, 0.2) is 23.0 Å². The van der Waals surface area contributed by atoms with Gasteiger partial charge in [0.05, 0.1) is 11.3 Å². The summed E-state index contributed by atoms with van der Waals surface area (Å²) in [6.07, 6.45) is -5.56. The molecule has 0 aliphatic heterocycles. The van der Waals surface area contributed by atoms with Gasteiger partial charge in [0.1, 0.15) is 0 Å². The monoisotopic (exact) mass is 344 g/mol. The minimum absolute atomic E-state index is 0.238. The van der Waals surface area contributed by atoms with Crippen LogP contribution in [0.3, 0.4) is 0 Å². The van der Waals surface area contributed by atoms with Crippen LogP contribution < -0.4 is 5.56 Å². The highest BCUT2D eigenvalue weighted by atomic mass is 19.4. The van der Waals surface area contributed by atoms with Crippen molar-refractivity contribution >= 4 is 5.97 Å². The Balaban J connectivity index is 2.79. The van der Waals surface area contributed by atoms with Crippen molar-refractivity contribution in [1.29, 1.82) is 0 Å². The number of aromatic amines is 1. The number of aryl methyl sites for hydroxylation is 3. The molecule has 0 fully saturated rings. The molecule has 1 aromatic carbocycles. The third kappa shape index (κ3) is 2.60. The molecule has 24 heavy (non-hydrogen) atoms. The summed E-state index contributed by atoms with van der Waals surface area (Å²) in [6, 6.07) is 4.89. The second-order valence-corrected chi connectivity index (χ2v) is 5.61. The van der Waals surface area contributed by atoms with Crippen molar-refractivity contribution in [2.24, 2.45) is 0 Å². The van der Waals surface area contributed by atoms with E-state index in [-0.39, 0.29) is 11.4 Å². The lowest BCUT2D eigenvalue weighted by atomic mass is 9.93. The number of carboxylic acids is 1. The highest BCUT2D eigenvalue weighted by Gasteiger charge is 2.64. The zero-order chi connectivity index (χ0) is 18.4. The van der Waals surface area contributed by atoms with Crippen molar-refractivity contribution in [2.45, 2.75) is 32.5 Å². The summed E-state index contributed by atoms with van der Waals surface area (Å²) in [5.41, 5.74) is -5.47. The van der Waals surface area contributed by atoms with Crippen LogP contribution in [0, 0.1) is 20.8 Å². The van der Waals surface area contributed by atoms with Crippen molar-refractivity contribution in [2.75, 3.05) is 0 Å². The molecule has 3 N–H and O–H groups in total. The average molecular weight is 344 g/mol.